The van der Waals surface area contributed by atoms with Crippen LogP contribution in [-0.2, 0) is 6.54 Å². The number of aromatic nitrogens is 5. The molecule has 7 nitrogen and oxygen atoms in total. The second-order valence-corrected chi connectivity index (χ2v) is 6.92. The van der Waals surface area contributed by atoms with Gasteiger partial charge < -0.3 is 9.30 Å². The SMILES string of the molecule is COc1cccc(-c2c3c(=O)n(CCC(C)C)ccc3nc3ncnn23)c1. The van der Waals surface area contributed by atoms with Crippen LogP contribution in [0.4, 0.5) is 0 Å². The van der Waals surface area contributed by atoms with Crippen LogP contribution >= 0.6 is 0 Å². The van der Waals surface area contributed by atoms with Crippen molar-refractivity contribution in [1.29, 1.82) is 0 Å². The highest BCUT2D eigenvalue weighted by Crippen LogP contribution is 2.28. The molecule has 0 radical (unpaired) electrons. The van der Waals surface area contributed by atoms with Gasteiger partial charge in [0.15, 0.2) is 0 Å². The van der Waals surface area contributed by atoms with E-state index in [4.69, 9.17) is 4.74 Å². The van der Waals surface area contributed by atoms with E-state index < -0.39 is 0 Å². The van der Waals surface area contributed by atoms with Crippen molar-refractivity contribution in [1.82, 2.24) is 24.1 Å². The first-order chi connectivity index (χ1) is 13.1. The molecule has 4 aromatic rings. The highest BCUT2D eigenvalue weighted by atomic mass is 16.5. The molecular weight excluding hydrogens is 342 g/mol. The fourth-order valence-corrected chi connectivity index (χ4v) is 3.17. The molecule has 138 valence electrons. The number of methoxy groups -OCH3 is 1. The molecule has 0 amide bonds. The summed E-state index contributed by atoms with van der Waals surface area (Å²) in [6, 6.07) is 9.45. The molecule has 0 aliphatic carbocycles. The minimum atomic E-state index is -0.0733. The van der Waals surface area contributed by atoms with Crippen LogP contribution in [0.3, 0.4) is 0 Å². The van der Waals surface area contributed by atoms with E-state index >= 15 is 0 Å². The highest BCUT2D eigenvalue weighted by molar-refractivity contribution is 5.93. The molecular formula is C20H21N5O2. The summed E-state index contributed by atoms with van der Waals surface area (Å²) in [4.78, 5) is 22.0. The van der Waals surface area contributed by atoms with E-state index in [1.807, 2.05) is 36.5 Å². The Morgan fingerprint density at radius 2 is 2.07 bits per heavy atom. The lowest BCUT2D eigenvalue weighted by Crippen LogP contribution is -2.22. The van der Waals surface area contributed by atoms with E-state index in [0.717, 1.165) is 12.0 Å². The molecule has 27 heavy (non-hydrogen) atoms. The van der Waals surface area contributed by atoms with E-state index in [1.54, 1.807) is 16.2 Å². The average Bonchev–Trinajstić information content (AvgIpc) is 3.14. The largest absolute Gasteiger partial charge is 0.497 e. The van der Waals surface area contributed by atoms with Crippen LogP contribution < -0.4 is 10.3 Å². The lowest BCUT2D eigenvalue weighted by molar-refractivity contribution is 0.415. The molecule has 7 heteroatoms. The first-order valence-corrected chi connectivity index (χ1v) is 8.96. The van der Waals surface area contributed by atoms with E-state index in [1.165, 1.54) is 6.33 Å². The van der Waals surface area contributed by atoms with Gasteiger partial charge in [0.25, 0.3) is 11.3 Å². The first-order valence-electron chi connectivity index (χ1n) is 8.96. The molecule has 0 N–H and O–H groups in total. The van der Waals surface area contributed by atoms with Crippen molar-refractivity contribution >= 4 is 16.7 Å². The molecule has 3 heterocycles. The van der Waals surface area contributed by atoms with Gasteiger partial charge in [0.05, 0.1) is 23.7 Å². The monoisotopic (exact) mass is 363 g/mol. The Labute approximate surface area is 156 Å². The van der Waals surface area contributed by atoms with Crippen LogP contribution in [0.15, 0.2) is 47.7 Å². The summed E-state index contributed by atoms with van der Waals surface area (Å²) in [7, 11) is 1.62. The van der Waals surface area contributed by atoms with Gasteiger partial charge in [-0.25, -0.2) is 4.98 Å². The number of aryl methyl sites for hydroxylation is 1. The van der Waals surface area contributed by atoms with E-state index in [-0.39, 0.29) is 5.56 Å². The third kappa shape index (κ3) is 3.05. The standard InChI is InChI=1S/C20H21N5O2/c1-13(2)7-9-24-10-8-16-17(19(24)26)18(25-20(23-16)21-12-22-25)14-5-4-6-15(11-14)27-3/h4-6,8,10-13H,7,9H2,1-3H3. The normalized spacial score (nSPS) is 11.6. The van der Waals surface area contributed by atoms with Gasteiger partial charge >= 0.3 is 0 Å². The molecule has 0 aliphatic heterocycles. The van der Waals surface area contributed by atoms with Crippen LogP contribution in [0.25, 0.3) is 27.9 Å². The summed E-state index contributed by atoms with van der Waals surface area (Å²) >= 11 is 0. The zero-order valence-corrected chi connectivity index (χ0v) is 15.6. The molecule has 0 bridgehead atoms. The van der Waals surface area contributed by atoms with Gasteiger partial charge in [0.2, 0.25) is 0 Å². The lowest BCUT2D eigenvalue weighted by Gasteiger charge is -2.13. The Morgan fingerprint density at radius 1 is 1.22 bits per heavy atom. The molecule has 0 saturated carbocycles. The molecule has 0 unspecified atom stereocenters. The van der Waals surface area contributed by atoms with E-state index in [0.29, 0.717) is 40.6 Å². The molecule has 0 aliphatic rings. The molecule has 0 fully saturated rings. The predicted molar refractivity (Wildman–Crippen MR) is 104 cm³/mol. The lowest BCUT2D eigenvalue weighted by atomic mass is 10.1. The van der Waals surface area contributed by atoms with Gasteiger partial charge in [-0.1, -0.05) is 26.0 Å². The smallest absolute Gasteiger partial charge is 0.262 e. The molecule has 3 aromatic heterocycles. The summed E-state index contributed by atoms with van der Waals surface area (Å²) in [6.45, 7) is 4.96. The van der Waals surface area contributed by atoms with Crippen molar-refractivity contribution in [2.24, 2.45) is 5.92 Å². The van der Waals surface area contributed by atoms with Crippen molar-refractivity contribution in [3.05, 3.63) is 53.2 Å². The number of hydrogen-bond acceptors (Lipinski definition) is 5. The highest BCUT2D eigenvalue weighted by Gasteiger charge is 2.17. The van der Waals surface area contributed by atoms with Crippen molar-refractivity contribution < 1.29 is 4.74 Å². The zero-order valence-electron chi connectivity index (χ0n) is 15.6. The second kappa shape index (κ2) is 6.83. The number of benzene rings is 1. The third-order valence-corrected chi connectivity index (χ3v) is 4.63. The van der Waals surface area contributed by atoms with Gasteiger partial charge in [-0.15, -0.1) is 0 Å². The van der Waals surface area contributed by atoms with Crippen molar-refractivity contribution in [2.75, 3.05) is 7.11 Å². The summed E-state index contributed by atoms with van der Waals surface area (Å²) in [5.74, 6) is 1.68. The Balaban J connectivity index is 2.04. The van der Waals surface area contributed by atoms with Crippen LogP contribution in [0, 0.1) is 5.92 Å². The van der Waals surface area contributed by atoms with Crippen LogP contribution in [0.2, 0.25) is 0 Å². The van der Waals surface area contributed by atoms with Crippen molar-refractivity contribution in [3.8, 4) is 17.0 Å². The van der Waals surface area contributed by atoms with Crippen molar-refractivity contribution in [2.45, 2.75) is 26.8 Å². The Morgan fingerprint density at radius 3 is 2.85 bits per heavy atom. The summed E-state index contributed by atoms with van der Waals surface area (Å²) in [5.41, 5.74) is 2.04. The number of rotatable bonds is 5. The third-order valence-electron chi connectivity index (χ3n) is 4.63. The fourth-order valence-electron chi connectivity index (χ4n) is 3.17. The van der Waals surface area contributed by atoms with Gasteiger partial charge in [0, 0.05) is 18.3 Å². The fraction of sp³-hybridized carbons (Fsp3) is 0.300. The maximum absolute atomic E-state index is 13.3. The van der Waals surface area contributed by atoms with Gasteiger partial charge in [0.1, 0.15) is 12.1 Å². The van der Waals surface area contributed by atoms with Crippen LogP contribution in [0.1, 0.15) is 20.3 Å². The molecule has 1 aromatic carbocycles. The van der Waals surface area contributed by atoms with E-state index in [9.17, 15) is 4.79 Å². The topological polar surface area (TPSA) is 74.3 Å². The summed E-state index contributed by atoms with van der Waals surface area (Å²) < 4.78 is 8.72. The molecule has 0 spiro atoms. The van der Waals surface area contributed by atoms with Crippen LogP contribution in [-0.4, -0.2) is 31.3 Å². The van der Waals surface area contributed by atoms with Crippen molar-refractivity contribution in [3.63, 3.8) is 0 Å². The average molecular weight is 363 g/mol. The Bertz CT molecular complexity index is 1180. The second-order valence-electron chi connectivity index (χ2n) is 6.92. The Kier molecular flexibility index (Phi) is 4.35. The van der Waals surface area contributed by atoms with Crippen LogP contribution in [0.5, 0.6) is 5.75 Å². The van der Waals surface area contributed by atoms with Gasteiger partial charge in [-0.05, 0) is 30.5 Å². The van der Waals surface area contributed by atoms with Gasteiger partial charge in [-0.2, -0.15) is 14.6 Å². The minimum absolute atomic E-state index is 0.0733. The Hall–Kier alpha value is -3.22. The van der Waals surface area contributed by atoms with E-state index in [2.05, 4.69) is 28.9 Å². The first kappa shape index (κ1) is 17.2. The number of fused-ring (bicyclic) bond motifs is 2. The number of pyridine rings is 1. The summed E-state index contributed by atoms with van der Waals surface area (Å²) in [5, 5.41) is 4.83. The number of ether oxygens (including phenoxy) is 1. The maximum Gasteiger partial charge on any atom is 0.262 e. The molecule has 0 saturated heterocycles. The maximum atomic E-state index is 13.3. The molecule has 0 atom stereocenters. The number of nitrogens with zero attached hydrogens (tertiary/aromatic N) is 5. The minimum Gasteiger partial charge on any atom is -0.497 e. The molecule has 4 rings (SSSR count). The predicted octanol–water partition coefficient (Wildman–Crippen LogP) is 3.16. The quantitative estimate of drug-likeness (QED) is 0.544. The number of hydrogen-bond donors (Lipinski definition) is 0. The van der Waals surface area contributed by atoms with Gasteiger partial charge in [-0.3, -0.25) is 4.79 Å². The summed E-state index contributed by atoms with van der Waals surface area (Å²) in [6.07, 6.45) is 4.18. The zero-order chi connectivity index (χ0) is 19.0.